The molecule has 1 aliphatic rings. The Labute approximate surface area is 130 Å². The molecule has 1 atom stereocenters. The molecule has 2 heterocycles. The molecule has 2 N–H and O–H groups in total. The van der Waals surface area contributed by atoms with Gasteiger partial charge in [0.2, 0.25) is 0 Å². The predicted octanol–water partition coefficient (Wildman–Crippen LogP) is 1.95. The van der Waals surface area contributed by atoms with Gasteiger partial charge in [0.25, 0.3) is 5.91 Å². The van der Waals surface area contributed by atoms with Crippen LogP contribution in [0.4, 0.5) is 0 Å². The zero-order chi connectivity index (χ0) is 15.9. The molecule has 1 aromatic heterocycles. The average Bonchev–Trinajstić information content (AvgIpc) is 2.99. The number of aryl methyl sites for hydroxylation is 2. The Morgan fingerprint density at radius 2 is 2.09 bits per heavy atom. The maximum atomic E-state index is 12.2. The van der Waals surface area contributed by atoms with E-state index in [1.807, 2.05) is 26.0 Å². The maximum Gasteiger partial charge on any atom is 0.267 e. The lowest BCUT2D eigenvalue weighted by Gasteiger charge is -2.08. The van der Waals surface area contributed by atoms with Gasteiger partial charge in [-0.2, -0.15) is 0 Å². The number of aromatic nitrogens is 1. The van der Waals surface area contributed by atoms with Crippen molar-refractivity contribution in [1.29, 1.82) is 0 Å². The van der Waals surface area contributed by atoms with Crippen molar-refractivity contribution in [3.63, 3.8) is 0 Å². The van der Waals surface area contributed by atoms with Crippen molar-refractivity contribution in [3.05, 3.63) is 35.0 Å². The molecule has 1 saturated heterocycles. The smallest absolute Gasteiger partial charge is 0.267 e. The molecule has 2 aromatic rings. The summed E-state index contributed by atoms with van der Waals surface area (Å²) in [5.41, 5.74) is 3.75. The standard InChI is InChI=1S/C16H20N2O3S/c1-10-5-11(2)13-7-15(18-14(13)6-10)16(19)17-8-12-3-4-22(20,21)9-12/h5-7,12,18H,3-4,8-9H2,1-2H3,(H,17,19). The zero-order valence-corrected chi connectivity index (χ0v) is 13.6. The van der Waals surface area contributed by atoms with E-state index in [0.717, 1.165) is 22.0 Å². The molecule has 3 rings (SSSR count). The van der Waals surface area contributed by atoms with Crippen LogP contribution in [-0.4, -0.2) is 37.4 Å². The summed E-state index contributed by atoms with van der Waals surface area (Å²) in [7, 11) is -2.90. The average molecular weight is 320 g/mol. The summed E-state index contributed by atoms with van der Waals surface area (Å²) in [6, 6.07) is 5.95. The van der Waals surface area contributed by atoms with E-state index in [1.54, 1.807) is 0 Å². The van der Waals surface area contributed by atoms with Crippen LogP contribution in [0, 0.1) is 19.8 Å². The van der Waals surface area contributed by atoms with Gasteiger partial charge in [-0.25, -0.2) is 8.42 Å². The molecule has 1 fully saturated rings. The number of carbonyl (C=O) groups excluding carboxylic acids is 1. The van der Waals surface area contributed by atoms with Gasteiger partial charge in [0.1, 0.15) is 5.69 Å². The van der Waals surface area contributed by atoms with Gasteiger partial charge in [-0.15, -0.1) is 0 Å². The highest BCUT2D eigenvalue weighted by atomic mass is 32.2. The number of H-pyrrole nitrogens is 1. The molecule has 6 heteroatoms. The molecule has 5 nitrogen and oxygen atoms in total. The van der Waals surface area contributed by atoms with Gasteiger partial charge >= 0.3 is 0 Å². The lowest BCUT2D eigenvalue weighted by atomic mass is 10.1. The summed E-state index contributed by atoms with van der Waals surface area (Å²) < 4.78 is 22.8. The molecule has 118 valence electrons. The Morgan fingerprint density at radius 3 is 2.77 bits per heavy atom. The van der Waals surface area contributed by atoms with E-state index in [-0.39, 0.29) is 23.3 Å². The van der Waals surface area contributed by atoms with Crippen LogP contribution in [0.5, 0.6) is 0 Å². The van der Waals surface area contributed by atoms with Crippen LogP contribution in [0.3, 0.4) is 0 Å². The number of rotatable bonds is 3. The highest BCUT2D eigenvalue weighted by molar-refractivity contribution is 7.91. The Balaban J connectivity index is 1.71. The monoisotopic (exact) mass is 320 g/mol. The first-order chi connectivity index (χ1) is 10.3. The first-order valence-corrected chi connectivity index (χ1v) is 9.25. The third kappa shape index (κ3) is 3.02. The summed E-state index contributed by atoms with van der Waals surface area (Å²) in [6.45, 7) is 4.45. The van der Waals surface area contributed by atoms with Gasteiger partial charge in [-0.1, -0.05) is 6.07 Å². The number of sulfone groups is 1. The van der Waals surface area contributed by atoms with Crippen LogP contribution in [-0.2, 0) is 9.84 Å². The number of carbonyl (C=O) groups is 1. The van der Waals surface area contributed by atoms with Gasteiger partial charge in [0.05, 0.1) is 11.5 Å². The van der Waals surface area contributed by atoms with Crippen molar-refractivity contribution in [2.45, 2.75) is 20.3 Å². The third-order valence-electron chi connectivity index (χ3n) is 4.21. The fourth-order valence-corrected chi connectivity index (χ4v) is 4.95. The second kappa shape index (κ2) is 5.43. The first-order valence-electron chi connectivity index (χ1n) is 7.43. The fraction of sp³-hybridized carbons (Fsp3) is 0.438. The molecule has 22 heavy (non-hydrogen) atoms. The van der Waals surface area contributed by atoms with Crippen molar-refractivity contribution in [3.8, 4) is 0 Å². The lowest BCUT2D eigenvalue weighted by molar-refractivity contribution is 0.0944. The number of hydrogen-bond acceptors (Lipinski definition) is 3. The largest absolute Gasteiger partial charge is 0.351 e. The molecule has 0 spiro atoms. The van der Waals surface area contributed by atoms with E-state index in [0.29, 0.717) is 18.7 Å². The summed E-state index contributed by atoms with van der Waals surface area (Å²) in [5, 5.41) is 3.88. The van der Waals surface area contributed by atoms with Gasteiger partial charge < -0.3 is 10.3 Å². The third-order valence-corrected chi connectivity index (χ3v) is 6.05. The normalized spacial score (nSPS) is 20.4. The molecule has 0 radical (unpaired) electrons. The van der Waals surface area contributed by atoms with E-state index in [4.69, 9.17) is 0 Å². The quantitative estimate of drug-likeness (QED) is 0.907. The van der Waals surface area contributed by atoms with Crippen LogP contribution in [0.15, 0.2) is 18.2 Å². The molecule has 1 amide bonds. The minimum Gasteiger partial charge on any atom is -0.351 e. The molecule has 1 aliphatic heterocycles. The van der Waals surface area contributed by atoms with Crippen molar-refractivity contribution in [2.24, 2.45) is 5.92 Å². The topological polar surface area (TPSA) is 79.0 Å². The first kappa shape index (κ1) is 15.1. The summed E-state index contributed by atoms with van der Waals surface area (Å²) in [5.74, 6) is 0.260. The molecule has 0 aliphatic carbocycles. The van der Waals surface area contributed by atoms with E-state index in [9.17, 15) is 13.2 Å². The highest BCUT2D eigenvalue weighted by Crippen LogP contribution is 2.22. The number of amides is 1. The van der Waals surface area contributed by atoms with Crippen LogP contribution >= 0.6 is 0 Å². The van der Waals surface area contributed by atoms with E-state index in [2.05, 4.69) is 16.4 Å². The van der Waals surface area contributed by atoms with Crippen molar-refractivity contribution in [1.82, 2.24) is 10.3 Å². The van der Waals surface area contributed by atoms with E-state index >= 15 is 0 Å². The molecule has 0 saturated carbocycles. The summed E-state index contributed by atoms with van der Waals surface area (Å²) >= 11 is 0. The lowest BCUT2D eigenvalue weighted by Crippen LogP contribution is -2.30. The molecular weight excluding hydrogens is 300 g/mol. The highest BCUT2D eigenvalue weighted by Gasteiger charge is 2.28. The number of benzene rings is 1. The van der Waals surface area contributed by atoms with Gasteiger partial charge in [0.15, 0.2) is 9.84 Å². The summed E-state index contributed by atoms with van der Waals surface area (Å²) in [4.78, 5) is 15.4. The van der Waals surface area contributed by atoms with Gasteiger partial charge in [-0.3, -0.25) is 4.79 Å². The number of hydrogen-bond donors (Lipinski definition) is 2. The molecule has 1 aromatic carbocycles. The van der Waals surface area contributed by atoms with Crippen LogP contribution in [0.2, 0.25) is 0 Å². The Bertz CT molecular complexity index is 836. The zero-order valence-electron chi connectivity index (χ0n) is 12.8. The number of nitrogens with one attached hydrogen (secondary N) is 2. The Morgan fingerprint density at radius 1 is 1.32 bits per heavy atom. The minimum absolute atomic E-state index is 0.0299. The summed E-state index contributed by atoms with van der Waals surface area (Å²) in [6.07, 6.45) is 0.633. The van der Waals surface area contributed by atoms with Crippen molar-refractivity contribution >= 4 is 26.6 Å². The van der Waals surface area contributed by atoms with E-state index < -0.39 is 9.84 Å². The van der Waals surface area contributed by atoms with Gasteiger partial charge in [0, 0.05) is 17.4 Å². The SMILES string of the molecule is Cc1cc(C)c2cc(C(=O)NCC3CCS(=O)(=O)C3)[nH]c2c1. The minimum atomic E-state index is -2.90. The Hall–Kier alpha value is -1.82. The fourth-order valence-electron chi connectivity index (χ4n) is 3.09. The van der Waals surface area contributed by atoms with Gasteiger partial charge in [-0.05, 0) is 49.4 Å². The second-order valence-corrected chi connectivity index (χ2v) is 8.43. The van der Waals surface area contributed by atoms with Crippen LogP contribution in [0.25, 0.3) is 10.9 Å². The van der Waals surface area contributed by atoms with Crippen LogP contribution in [0.1, 0.15) is 28.0 Å². The molecule has 0 bridgehead atoms. The molecular formula is C16H20N2O3S. The van der Waals surface area contributed by atoms with Crippen molar-refractivity contribution in [2.75, 3.05) is 18.1 Å². The predicted molar refractivity (Wildman–Crippen MR) is 86.9 cm³/mol. The number of aromatic amines is 1. The second-order valence-electron chi connectivity index (χ2n) is 6.21. The van der Waals surface area contributed by atoms with Crippen molar-refractivity contribution < 1.29 is 13.2 Å². The number of fused-ring (bicyclic) bond motifs is 1. The van der Waals surface area contributed by atoms with Crippen LogP contribution < -0.4 is 5.32 Å². The van der Waals surface area contributed by atoms with E-state index in [1.165, 1.54) is 0 Å². The molecule has 1 unspecified atom stereocenters. The Kier molecular flexibility index (Phi) is 3.72. The maximum absolute atomic E-state index is 12.2.